The molecule has 0 aliphatic carbocycles. The average Bonchev–Trinajstić information content (AvgIpc) is 3.66. The van der Waals surface area contributed by atoms with Gasteiger partial charge in [-0.3, -0.25) is 0 Å². The minimum absolute atomic E-state index is 0.363. The van der Waals surface area contributed by atoms with Gasteiger partial charge in [0.25, 0.3) is 0 Å². The van der Waals surface area contributed by atoms with E-state index in [1.807, 2.05) is 17.5 Å². The molecule has 0 aliphatic rings. The molecule has 178 valence electrons. The second-order valence-electron chi connectivity index (χ2n) is 10.1. The third kappa shape index (κ3) is 3.32. The number of rotatable bonds is 4. The molecule has 0 amide bonds. The third-order valence-corrected chi connectivity index (χ3v) is 9.08. The van der Waals surface area contributed by atoms with Crippen molar-refractivity contribution in [3.63, 3.8) is 0 Å². The Kier molecular flexibility index (Phi) is 4.85. The van der Waals surface area contributed by atoms with E-state index in [9.17, 15) is 0 Å². The molecule has 0 saturated heterocycles. The highest BCUT2D eigenvalue weighted by molar-refractivity contribution is 7.22. The van der Waals surface area contributed by atoms with Crippen molar-refractivity contribution >= 4 is 64.7 Å². The summed E-state index contributed by atoms with van der Waals surface area (Å²) in [5, 5.41) is 7.23. The van der Waals surface area contributed by atoms with Crippen LogP contribution in [0, 0.1) is 0 Å². The lowest BCUT2D eigenvalue weighted by Crippen LogP contribution is -1.89. The molecule has 0 bridgehead atoms. The highest BCUT2D eigenvalue weighted by Crippen LogP contribution is 2.41. The van der Waals surface area contributed by atoms with E-state index in [4.69, 9.17) is 4.98 Å². The third-order valence-electron chi connectivity index (χ3n) is 6.98. The van der Waals surface area contributed by atoms with Gasteiger partial charge in [0.2, 0.25) is 0 Å². The lowest BCUT2D eigenvalue weighted by atomic mass is 10.0. The Hall–Kier alpha value is -3.48. The number of thiophene rings is 2. The summed E-state index contributed by atoms with van der Waals surface area (Å²) < 4.78 is 2.60. The number of H-pyrrole nitrogens is 2. The van der Waals surface area contributed by atoms with E-state index in [0.717, 1.165) is 28.4 Å². The Morgan fingerprint density at radius 1 is 0.778 bits per heavy atom. The monoisotopic (exact) mass is 506 g/mol. The van der Waals surface area contributed by atoms with Crippen LogP contribution < -0.4 is 0 Å². The van der Waals surface area contributed by atoms with Crippen LogP contribution in [0.4, 0.5) is 0 Å². The number of aromatic amines is 2. The molecule has 0 unspecified atom stereocenters. The molecule has 0 spiro atoms. The van der Waals surface area contributed by atoms with Crippen molar-refractivity contribution in [1.82, 2.24) is 19.9 Å². The Bertz CT molecular complexity index is 1910. The molecular weight excluding hydrogens is 480 g/mol. The summed E-state index contributed by atoms with van der Waals surface area (Å²) in [5.74, 6) is 2.83. The van der Waals surface area contributed by atoms with Crippen LogP contribution in [0.15, 0.2) is 60.1 Å². The van der Waals surface area contributed by atoms with E-state index in [2.05, 4.69) is 96.6 Å². The maximum Gasteiger partial charge on any atom is 0.109 e. The fraction of sp³-hybridized carbons (Fsp3) is 0.200. The van der Waals surface area contributed by atoms with Crippen LogP contribution in [0.3, 0.4) is 0 Å². The van der Waals surface area contributed by atoms with Crippen molar-refractivity contribution in [2.24, 2.45) is 0 Å². The predicted molar refractivity (Wildman–Crippen MR) is 156 cm³/mol. The van der Waals surface area contributed by atoms with Gasteiger partial charge in [0.05, 0.1) is 22.9 Å². The number of imidazole rings is 2. The number of fused-ring (bicyclic) bond motifs is 7. The first-order chi connectivity index (χ1) is 17.5. The van der Waals surface area contributed by atoms with E-state index in [1.165, 1.54) is 46.9 Å². The molecule has 0 radical (unpaired) electrons. The summed E-state index contributed by atoms with van der Waals surface area (Å²) in [5.41, 5.74) is 5.74. The Balaban J connectivity index is 1.36. The first-order valence-electron chi connectivity index (χ1n) is 12.4. The van der Waals surface area contributed by atoms with E-state index >= 15 is 0 Å². The molecule has 0 fully saturated rings. The molecule has 0 aliphatic heterocycles. The smallest absolute Gasteiger partial charge is 0.109 e. The number of hydrogen-bond acceptors (Lipinski definition) is 4. The van der Waals surface area contributed by atoms with Crippen molar-refractivity contribution in [2.45, 2.75) is 39.5 Å². The van der Waals surface area contributed by atoms with Gasteiger partial charge in [-0.1, -0.05) is 52.0 Å². The minimum atomic E-state index is 0.363. The van der Waals surface area contributed by atoms with Gasteiger partial charge >= 0.3 is 0 Å². The fourth-order valence-electron chi connectivity index (χ4n) is 4.98. The van der Waals surface area contributed by atoms with E-state index < -0.39 is 0 Å². The Morgan fingerprint density at radius 3 is 2.42 bits per heavy atom. The number of nitrogens with zero attached hydrogens (tertiary/aromatic N) is 2. The van der Waals surface area contributed by atoms with Crippen LogP contribution >= 0.6 is 22.7 Å². The lowest BCUT2D eigenvalue weighted by Gasteiger charge is -2.05. The van der Waals surface area contributed by atoms with Crippen LogP contribution in [0.5, 0.6) is 0 Å². The number of aromatic nitrogens is 4. The molecule has 0 atom stereocenters. The molecule has 6 heteroatoms. The lowest BCUT2D eigenvalue weighted by molar-refractivity contribution is 0.795. The van der Waals surface area contributed by atoms with Gasteiger partial charge in [-0.2, -0.15) is 0 Å². The second-order valence-corrected chi connectivity index (χ2v) is 12.1. The quantitative estimate of drug-likeness (QED) is 0.250. The first-order valence-corrected chi connectivity index (χ1v) is 14.1. The van der Waals surface area contributed by atoms with Crippen molar-refractivity contribution in [3.05, 3.63) is 71.8 Å². The maximum absolute atomic E-state index is 4.96. The molecular formula is C30H26N4S2. The summed E-state index contributed by atoms with van der Waals surface area (Å²) in [6.07, 6.45) is 1.95. The van der Waals surface area contributed by atoms with Crippen LogP contribution in [-0.2, 0) is 0 Å². The number of nitrogens with one attached hydrogen (secondary N) is 2. The highest BCUT2D eigenvalue weighted by atomic mass is 32.1. The molecule has 36 heavy (non-hydrogen) atoms. The number of benzene rings is 3. The molecule has 4 heterocycles. The summed E-state index contributed by atoms with van der Waals surface area (Å²) >= 11 is 3.65. The predicted octanol–water partition coefficient (Wildman–Crippen LogP) is 9.45. The van der Waals surface area contributed by atoms with E-state index in [-0.39, 0.29) is 0 Å². The highest BCUT2D eigenvalue weighted by Gasteiger charge is 2.16. The Labute approximate surface area is 217 Å². The fourth-order valence-corrected chi connectivity index (χ4v) is 7.01. The summed E-state index contributed by atoms with van der Waals surface area (Å²) in [7, 11) is 0. The van der Waals surface area contributed by atoms with Crippen LogP contribution in [0.25, 0.3) is 63.7 Å². The molecule has 4 aromatic heterocycles. The molecule has 7 rings (SSSR count). The molecule has 7 aromatic rings. The normalized spacial score (nSPS) is 12.4. The van der Waals surface area contributed by atoms with Gasteiger partial charge in [-0.05, 0) is 40.6 Å². The minimum Gasteiger partial charge on any atom is -0.342 e. The number of hydrogen-bond donors (Lipinski definition) is 2. The van der Waals surface area contributed by atoms with Gasteiger partial charge in [-0.15, -0.1) is 22.7 Å². The van der Waals surface area contributed by atoms with E-state index in [0.29, 0.717) is 11.8 Å². The summed E-state index contributed by atoms with van der Waals surface area (Å²) in [6.45, 7) is 8.69. The largest absolute Gasteiger partial charge is 0.342 e. The van der Waals surface area contributed by atoms with Gasteiger partial charge in [0, 0.05) is 47.8 Å². The zero-order chi connectivity index (χ0) is 24.6. The van der Waals surface area contributed by atoms with Crippen molar-refractivity contribution in [1.29, 1.82) is 0 Å². The van der Waals surface area contributed by atoms with Crippen LogP contribution in [-0.4, -0.2) is 19.9 Å². The average molecular weight is 507 g/mol. The summed E-state index contributed by atoms with van der Waals surface area (Å²) in [6, 6.07) is 18.1. The topological polar surface area (TPSA) is 57.4 Å². The van der Waals surface area contributed by atoms with Gasteiger partial charge < -0.3 is 9.97 Å². The van der Waals surface area contributed by atoms with Gasteiger partial charge in [0.15, 0.2) is 0 Å². The van der Waals surface area contributed by atoms with Gasteiger partial charge in [-0.25, -0.2) is 9.97 Å². The zero-order valence-corrected chi connectivity index (χ0v) is 22.3. The maximum atomic E-state index is 4.96. The van der Waals surface area contributed by atoms with E-state index in [1.54, 1.807) is 11.3 Å². The van der Waals surface area contributed by atoms with Crippen molar-refractivity contribution < 1.29 is 0 Å². The standard InChI is InChI=1S/C30H26N4S2/c1-15(2)29-31-14-23(32-29)17-5-6-19-13-25(36-24(19)12-17)18-7-8-20-22(11-18)28-21(9-10-35-28)27-26(20)33-30(34-27)16(3)4/h5-16H,1-4H3,(H,31,32)(H,33,34). The Morgan fingerprint density at radius 2 is 1.61 bits per heavy atom. The SMILES string of the molecule is CC(C)c1ncc(-c2ccc3cc(-c4ccc5c(c4)c4sccc4c4nc(C(C)C)[nH]c54)sc3c2)[nH]1. The zero-order valence-electron chi connectivity index (χ0n) is 20.6. The molecule has 0 saturated carbocycles. The van der Waals surface area contributed by atoms with Crippen LogP contribution in [0.2, 0.25) is 0 Å². The first kappa shape index (κ1) is 21.8. The van der Waals surface area contributed by atoms with Crippen LogP contribution in [0.1, 0.15) is 51.2 Å². The van der Waals surface area contributed by atoms with Gasteiger partial charge in [0.1, 0.15) is 11.6 Å². The summed E-state index contributed by atoms with van der Waals surface area (Å²) in [4.78, 5) is 17.9. The molecule has 3 aromatic carbocycles. The molecule has 2 N–H and O–H groups in total. The van der Waals surface area contributed by atoms with Crippen molar-refractivity contribution in [2.75, 3.05) is 0 Å². The molecule has 4 nitrogen and oxygen atoms in total. The van der Waals surface area contributed by atoms with Crippen molar-refractivity contribution in [3.8, 4) is 21.7 Å². The second kappa shape index (κ2) is 8.02.